The van der Waals surface area contributed by atoms with Crippen molar-refractivity contribution < 1.29 is 0 Å². The normalized spacial score (nSPS) is 18.8. The molecular formula is C24H29N5S. The number of hydrogen-bond donors (Lipinski definition) is 1. The topological polar surface area (TPSA) is 36.3 Å². The van der Waals surface area contributed by atoms with Crippen molar-refractivity contribution in [1.82, 2.24) is 24.7 Å². The van der Waals surface area contributed by atoms with Crippen molar-refractivity contribution in [2.75, 3.05) is 27.2 Å². The fourth-order valence-electron chi connectivity index (χ4n) is 4.10. The monoisotopic (exact) mass is 419 g/mol. The van der Waals surface area contributed by atoms with Gasteiger partial charge in [-0.3, -0.25) is 4.98 Å². The van der Waals surface area contributed by atoms with E-state index in [0.29, 0.717) is 0 Å². The summed E-state index contributed by atoms with van der Waals surface area (Å²) in [6.07, 6.45) is 5.03. The fraction of sp³-hybridized carbons (Fsp3) is 0.333. The second-order valence-electron chi connectivity index (χ2n) is 8.12. The van der Waals surface area contributed by atoms with Crippen molar-refractivity contribution in [3.05, 3.63) is 83.9 Å². The van der Waals surface area contributed by atoms with E-state index in [1.807, 2.05) is 18.3 Å². The van der Waals surface area contributed by atoms with Crippen molar-refractivity contribution in [2.45, 2.75) is 25.4 Å². The number of nitrogens with zero attached hydrogens (tertiary/aromatic N) is 4. The molecular weight excluding hydrogens is 390 g/mol. The first-order chi connectivity index (χ1) is 14.5. The Labute approximate surface area is 184 Å². The number of aryl methyl sites for hydroxylation is 1. The molecule has 6 heteroatoms. The average molecular weight is 420 g/mol. The van der Waals surface area contributed by atoms with Crippen LogP contribution in [-0.4, -0.2) is 51.6 Å². The van der Waals surface area contributed by atoms with E-state index in [0.717, 1.165) is 36.0 Å². The van der Waals surface area contributed by atoms with Crippen LogP contribution in [0.25, 0.3) is 5.69 Å². The number of benzene rings is 1. The molecule has 1 N–H and O–H groups in total. The maximum Gasteiger partial charge on any atom is 0.170 e. The molecule has 2 aromatic heterocycles. The molecule has 156 valence electrons. The summed E-state index contributed by atoms with van der Waals surface area (Å²) in [5, 5.41) is 4.35. The smallest absolute Gasteiger partial charge is 0.170 e. The Bertz CT molecular complexity index is 980. The molecule has 3 aromatic rings. The summed E-state index contributed by atoms with van der Waals surface area (Å²) in [5.74, 6) is 0. The molecule has 1 aliphatic rings. The quantitative estimate of drug-likeness (QED) is 0.584. The molecule has 1 fully saturated rings. The van der Waals surface area contributed by atoms with Crippen molar-refractivity contribution in [2.24, 2.45) is 0 Å². The van der Waals surface area contributed by atoms with E-state index in [4.69, 9.17) is 12.2 Å². The van der Waals surface area contributed by atoms with Gasteiger partial charge in [-0.25, -0.2) is 0 Å². The van der Waals surface area contributed by atoms with Crippen molar-refractivity contribution in [1.29, 1.82) is 0 Å². The lowest BCUT2D eigenvalue weighted by Gasteiger charge is -2.29. The van der Waals surface area contributed by atoms with Crippen LogP contribution in [0, 0.1) is 6.92 Å². The standard InChI is InChI=1S/C24H29N5S/c1-18-10-12-19(13-11-18)28-16-6-9-21(28)23-22(20-8-4-5-14-25-20)26-24(30)29(23)17-7-15-27(2)3/h4-6,8-14,16,22-23H,7,15,17H2,1-3H3,(H,26,30)/t22-,23-/m0/s1. The lowest BCUT2D eigenvalue weighted by molar-refractivity contribution is 0.286. The minimum absolute atomic E-state index is 0.0113. The fourth-order valence-corrected chi connectivity index (χ4v) is 4.43. The molecule has 0 unspecified atom stereocenters. The van der Waals surface area contributed by atoms with Gasteiger partial charge in [-0.1, -0.05) is 23.8 Å². The average Bonchev–Trinajstić information content (AvgIpc) is 3.34. The van der Waals surface area contributed by atoms with E-state index < -0.39 is 0 Å². The molecule has 1 saturated heterocycles. The summed E-state index contributed by atoms with van der Waals surface area (Å²) in [6.45, 7) is 4.04. The van der Waals surface area contributed by atoms with Gasteiger partial charge in [-0.15, -0.1) is 0 Å². The van der Waals surface area contributed by atoms with E-state index in [1.165, 1.54) is 11.3 Å². The highest BCUT2D eigenvalue weighted by atomic mass is 32.1. The van der Waals surface area contributed by atoms with Gasteiger partial charge in [-0.2, -0.15) is 0 Å². The van der Waals surface area contributed by atoms with Crippen molar-refractivity contribution in [3.8, 4) is 5.69 Å². The first kappa shape index (κ1) is 20.6. The predicted molar refractivity (Wildman–Crippen MR) is 126 cm³/mol. The van der Waals surface area contributed by atoms with Crippen LogP contribution in [0.5, 0.6) is 0 Å². The number of hydrogen-bond acceptors (Lipinski definition) is 3. The Morgan fingerprint density at radius 3 is 2.57 bits per heavy atom. The molecule has 0 saturated carbocycles. The van der Waals surface area contributed by atoms with Crippen LogP contribution < -0.4 is 5.32 Å². The van der Waals surface area contributed by atoms with Crippen LogP contribution in [0.1, 0.15) is 35.5 Å². The first-order valence-corrected chi connectivity index (χ1v) is 10.8. The zero-order chi connectivity index (χ0) is 21.1. The third-order valence-electron chi connectivity index (χ3n) is 5.60. The molecule has 3 heterocycles. The van der Waals surface area contributed by atoms with Gasteiger partial charge in [0.25, 0.3) is 0 Å². The maximum absolute atomic E-state index is 5.79. The van der Waals surface area contributed by atoms with Crippen LogP contribution in [0.15, 0.2) is 67.0 Å². The predicted octanol–water partition coefficient (Wildman–Crippen LogP) is 4.10. The highest BCUT2D eigenvalue weighted by molar-refractivity contribution is 7.80. The number of rotatable bonds is 7. The third-order valence-corrected chi connectivity index (χ3v) is 5.95. The van der Waals surface area contributed by atoms with Crippen molar-refractivity contribution in [3.63, 3.8) is 0 Å². The Morgan fingerprint density at radius 1 is 1.07 bits per heavy atom. The summed E-state index contributed by atoms with van der Waals surface area (Å²) in [7, 11) is 4.22. The van der Waals surface area contributed by atoms with Crippen LogP contribution >= 0.6 is 12.2 Å². The Balaban J connectivity index is 1.73. The van der Waals surface area contributed by atoms with Gasteiger partial charge in [0.05, 0.1) is 17.8 Å². The molecule has 5 nitrogen and oxygen atoms in total. The lowest BCUT2D eigenvalue weighted by Crippen LogP contribution is -2.32. The number of pyridine rings is 1. The lowest BCUT2D eigenvalue weighted by atomic mass is 10.0. The third kappa shape index (κ3) is 4.25. The molecule has 1 aliphatic heterocycles. The first-order valence-electron chi connectivity index (χ1n) is 10.4. The Morgan fingerprint density at radius 2 is 1.87 bits per heavy atom. The highest BCUT2D eigenvalue weighted by Gasteiger charge is 2.40. The molecule has 2 atom stereocenters. The van der Waals surface area contributed by atoms with Gasteiger partial charge in [0.15, 0.2) is 5.11 Å². The van der Waals surface area contributed by atoms with E-state index >= 15 is 0 Å². The molecule has 0 bridgehead atoms. The highest BCUT2D eigenvalue weighted by Crippen LogP contribution is 2.39. The van der Waals surface area contributed by atoms with Gasteiger partial charge in [0, 0.05) is 30.3 Å². The van der Waals surface area contributed by atoms with Crippen LogP contribution in [0.2, 0.25) is 0 Å². The minimum atomic E-state index is 0.0113. The molecule has 0 amide bonds. The van der Waals surface area contributed by atoms with Crippen molar-refractivity contribution >= 4 is 17.3 Å². The maximum atomic E-state index is 5.79. The van der Waals surface area contributed by atoms with E-state index in [1.54, 1.807) is 0 Å². The summed E-state index contributed by atoms with van der Waals surface area (Å²) >= 11 is 5.79. The van der Waals surface area contributed by atoms with E-state index in [2.05, 4.69) is 94.3 Å². The summed E-state index contributed by atoms with van der Waals surface area (Å²) in [6, 6.07) is 19.1. The second kappa shape index (κ2) is 8.98. The number of aromatic nitrogens is 2. The molecule has 0 radical (unpaired) electrons. The van der Waals surface area contributed by atoms with E-state index in [-0.39, 0.29) is 12.1 Å². The molecule has 1 aromatic carbocycles. The Kier molecular flexibility index (Phi) is 6.16. The summed E-state index contributed by atoms with van der Waals surface area (Å²) in [5.41, 5.74) is 4.64. The zero-order valence-corrected chi connectivity index (χ0v) is 18.6. The van der Waals surface area contributed by atoms with Gasteiger partial charge in [-0.05, 0) is 82.6 Å². The zero-order valence-electron chi connectivity index (χ0n) is 17.8. The van der Waals surface area contributed by atoms with Gasteiger partial charge in [0.1, 0.15) is 0 Å². The molecule has 0 spiro atoms. The molecule has 0 aliphatic carbocycles. The molecule has 4 rings (SSSR count). The van der Waals surface area contributed by atoms with E-state index in [9.17, 15) is 0 Å². The Hall–Kier alpha value is -2.70. The summed E-state index contributed by atoms with van der Waals surface area (Å²) < 4.78 is 2.27. The SMILES string of the molecule is Cc1ccc(-n2cccc2[C@H]2[C@H](c3ccccn3)NC(=S)N2CCCN(C)C)cc1. The second-order valence-corrected chi connectivity index (χ2v) is 8.50. The van der Waals surface area contributed by atoms with Crippen LogP contribution in [0.3, 0.4) is 0 Å². The van der Waals surface area contributed by atoms with Crippen LogP contribution in [-0.2, 0) is 0 Å². The number of thiocarbonyl (C=S) groups is 1. The van der Waals surface area contributed by atoms with Gasteiger partial charge >= 0.3 is 0 Å². The van der Waals surface area contributed by atoms with Gasteiger partial charge in [0.2, 0.25) is 0 Å². The number of nitrogens with one attached hydrogen (secondary N) is 1. The summed E-state index contributed by atoms with van der Waals surface area (Å²) in [4.78, 5) is 9.19. The van der Waals surface area contributed by atoms with Crippen LogP contribution in [0.4, 0.5) is 0 Å². The molecule has 30 heavy (non-hydrogen) atoms. The largest absolute Gasteiger partial charge is 0.352 e. The van der Waals surface area contributed by atoms with Gasteiger partial charge < -0.3 is 19.7 Å². The minimum Gasteiger partial charge on any atom is -0.352 e.